The molecule has 0 aliphatic rings. The molecular weight excluding hydrogens is 114 g/mol. The van der Waals surface area contributed by atoms with Crippen LogP contribution in [0.3, 0.4) is 0 Å². The van der Waals surface area contributed by atoms with Gasteiger partial charge in [-0.3, -0.25) is 9.98 Å². The van der Waals surface area contributed by atoms with E-state index in [0.29, 0.717) is 13.1 Å². The molecule has 0 aromatic rings. The van der Waals surface area contributed by atoms with Gasteiger partial charge in [0.2, 0.25) is 0 Å². The molecule has 0 atom stereocenters. The van der Waals surface area contributed by atoms with Crippen molar-refractivity contribution in [2.45, 2.75) is 0 Å². The van der Waals surface area contributed by atoms with Crippen LogP contribution in [0.2, 0.25) is 0 Å². The van der Waals surface area contributed by atoms with Crippen LogP contribution in [0.15, 0.2) is 22.3 Å². The molecule has 0 aliphatic carbocycles. The van der Waals surface area contributed by atoms with E-state index in [0.717, 1.165) is 0 Å². The van der Waals surface area contributed by atoms with Crippen LogP contribution in [0.1, 0.15) is 0 Å². The standard InChI is InChI=1S/C6H11N3/c1-8-4-2-5-9-6-3-7/h2,4-5H,1,3,6-7H2/b4-2-,9-5-. The third-order valence-corrected chi connectivity index (χ3v) is 0.641. The third-order valence-electron chi connectivity index (χ3n) is 0.641. The summed E-state index contributed by atoms with van der Waals surface area (Å²) in [6.07, 6.45) is 4.93. The molecule has 0 aromatic heterocycles. The molecule has 0 radical (unpaired) electrons. The second-order valence-electron chi connectivity index (χ2n) is 1.37. The Morgan fingerprint density at radius 1 is 1.56 bits per heavy atom. The molecule has 0 bridgehead atoms. The van der Waals surface area contributed by atoms with E-state index in [-0.39, 0.29) is 0 Å². The Labute approximate surface area is 55.0 Å². The van der Waals surface area contributed by atoms with E-state index < -0.39 is 0 Å². The quantitative estimate of drug-likeness (QED) is 0.537. The summed E-state index contributed by atoms with van der Waals surface area (Å²) in [6.45, 7) is 4.51. The van der Waals surface area contributed by atoms with Crippen LogP contribution in [0.4, 0.5) is 0 Å². The van der Waals surface area contributed by atoms with Gasteiger partial charge >= 0.3 is 0 Å². The highest BCUT2D eigenvalue weighted by molar-refractivity contribution is 5.70. The van der Waals surface area contributed by atoms with Gasteiger partial charge < -0.3 is 5.73 Å². The van der Waals surface area contributed by atoms with Crippen molar-refractivity contribution in [1.29, 1.82) is 0 Å². The average Bonchev–Trinajstić information content (AvgIpc) is 1.89. The molecular formula is C6H11N3. The molecule has 0 spiro atoms. The number of nitrogens with two attached hydrogens (primary N) is 1. The molecule has 0 saturated heterocycles. The van der Waals surface area contributed by atoms with Crippen molar-refractivity contribution in [2.24, 2.45) is 15.7 Å². The Hall–Kier alpha value is -0.960. The molecule has 0 aromatic carbocycles. The minimum absolute atomic E-state index is 0.589. The lowest BCUT2D eigenvalue weighted by Gasteiger charge is -1.80. The minimum atomic E-state index is 0.589. The van der Waals surface area contributed by atoms with Gasteiger partial charge in [0.1, 0.15) is 0 Å². The van der Waals surface area contributed by atoms with Crippen LogP contribution in [0, 0.1) is 0 Å². The molecule has 3 heteroatoms. The molecule has 0 aliphatic heterocycles. The summed E-state index contributed by atoms with van der Waals surface area (Å²) >= 11 is 0. The van der Waals surface area contributed by atoms with Gasteiger partial charge in [0.05, 0.1) is 6.54 Å². The summed E-state index contributed by atoms with van der Waals surface area (Å²) in [7, 11) is 0. The van der Waals surface area contributed by atoms with Crippen LogP contribution in [0.5, 0.6) is 0 Å². The molecule has 0 heterocycles. The zero-order chi connectivity index (χ0) is 6.95. The van der Waals surface area contributed by atoms with Crippen LogP contribution >= 0.6 is 0 Å². The van der Waals surface area contributed by atoms with E-state index in [1.54, 1.807) is 18.5 Å². The highest BCUT2D eigenvalue weighted by atomic mass is 14.7. The first-order valence-corrected chi connectivity index (χ1v) is 2.72. The summed E-state index contributed by atoms with van der Waals surface area (Å²) in [4.78, 5) is 7.38. The van der Waals surface area contributed by atoms with Crippen molar-refractivity contribution in [2.75, 3.05) is 13.1 Å². The van der Waals surface area contributed by atoms with E-state index in [4.69, 9.17) is 5.73 Å². The van der Waals surface area contributed by atoms with E-state index in [1.165, 1.54) is 0 Å². The van der Waals surface area contributed by atoms with Crippen molar-refractivity contribution >= 4 is 12.9 Å². The molecule has 0 fully saturated rings. The second-order valence-corrected chi connectivity index (χ2v) is 1.37. The van der Waals surface area contributed by atoms with Crippen LogP contribution in [-0.4, -0.2) is 26.0 Å². The van der Waals surface area contributed by atoms with Crippen LogP contribution < -0.4 is 5.73 Å². The third kappa shape index (κ3) is 7.04. The molecule has 2 N–H and O–H groups in total. The van der Waals surface area contributed by atoms with Gasteiger partial charge in [-0.15, -0.1) is 0 Å². The largest absolute Gasteiger partial charge is 0.329 e. The fourth-order valence-electron chi connectivity index (χ4n) is 0.309. The molecule has 9 heavy (non-hydrogen) atoms. The van der Waals surface area contributed by atoms with Gasteiger partial charge in [-0.25, -0.2) is 0 Å². The van der Waals surface area contributed by atoms with Gasteiger partial charge in [0.25, 0.3) is 0 Å². The predicted octanol–water partition coefficient (Wildman–Crippen LogP) is 0.230. The number of aliphatic imine (C=N–C) groups is 2. The molecule has 0 unspecified atom stereocenters. The maximum absolute atomic E-state index is 5.17. The number of allylic oxidation sites excluding steroid dienone is 1. The molecule has 0 amide bonds. The Morgan fingerprint density at radius 3 is 2.89 bits per heavy atom. The summed E-state index contributed by atoms with van der Waals surface area (Å²) < 4.78 is 0. The lowest BCUT2D eigenvalue weighted by Crippen LogP contribution is -2.01. The Bertz CT molecular complexity index is 115. The van der Waals surface area contributed by atoms with Gasteiger partial charge in [-0.05, 0) is 12.8 Å². The van der Waals surface area contributed by atoms with Crippen molar-refractivity contribution < 1.29 is 0 Å². The number of nitrogens with zero attached hydrogens (tertiary/aromatic N) is 2. The van der Waals surface area contributed by atoms with Crippen molar-refractivity contribution in [3.8, 4) is 0 Å². The first kappa shape index (κ1) is 8.04. The number of hydrogen-bond donors (Lipinski definition) is 1. The summed E-state index contributed by atoms with van der Waals surface area (Å²) in [5.74, 6) is 0. The topological polar surface area (TPSA) is 50.7 Å². The van der Waals surface area contributed by atoms with E-state index >= 15 is 0 Å². The Kier molecular flexibility index (Phi) is 6.29. The minimum Gasteiger partial charge on any atom is -0.329 e. The second kappa shape index (κ2) is 7.04. The van der Waals surface area contributed by atoms with E-state index in [9.17, 15) is 0 Å². The van der Waals surface area contributed by atoms with Gasteiger partial charge in [0, 0.05) is 19.0 Å². The van der Waals surface area contributed by atoms with Crippen LogP contribution in [-0.2, 0) is 0 Å². The van der Waals surface area contributed by atoms with Gasteiger partial charge in [0.15, 0.2) is 0 Å². The molecule has 0 rings (SSSR count). The fourth-order valence-corrected chi connectivity index (χ4v) is 0.309. The first-order valence-electron chi connectivity index (χ1n) is 2.72. The monoisotopic (exact) mass is 125 g/mol. The van der Waals surface area contributed by atoms with Gasteiger partial charge in [-0.2, -0.15) is 0 Å². The Balaban J connectivity index is 3.23. The summed E-state index contributed by atoms with van der Waals surface area (Å²) in [5.41, 5.74) is 5.17. The zero-order valence-electron chi connectivity index (χ0n) is 5.33. The summed E-state index contributed by atoms with van der Waals surface area (Å²) in [6, 6.07) is 0. The summed E-state index contributed by atoms with van der Waals surface area (Å²) in [5, 5.41) is 0. The lowest BCUT2D eigenvalue weighted by molar-refractivity contribution is 0.981. The molecule has 50 valence electrons. The lowest BCUT2D eigenvalue weighted by atomic mass is 10.6. The molecule has 0 saturated carbocycles. The van der Waals surface area contributed by atoms with E-state index in [1.807, 2.05) is 0 Å². The van der Waals surface area contributed by atoms with Gasteiger partial charge in [-0.1, -0.05) is 0 Å². The Morgan fingerprint density at radius 2 is 2.33 bits per heavy atom. The van der Waals surface area contributed by atoms with E-state index in [2.05, 4.69) is 16.7 Å². The maximum Gasteiger partial charge on any atom is 0.0512 e. The predicted molar refractivity (Wildman–Crippen MR) is 41.1 cm³/mol. The normalized spacial score (nSPS) is 11.2. The maximum atomic E-state index is 5.17. The van der Waals surface area contributed by atoms with Crippen molar-refractivity contribution in [3.05, 3.63) is 12.3 Å². The van der Waals surface area contributed by atoms with Crippen LogP contribution in [0.25, 0.3) is 0 Å². The number of rotatable bonds is 4. The van der Waals surface area contributed by atoms with Crippen molar-refractivity contribution in [1.82, 2.24) is 0 Å². The number of hydrogen-bond acceptors (Lipinski definition) is 3. The first-order chi connectivity index (χ1) is 4.41. The fraction of sp³-hybridized carbons (Fsp3) is 0.333. The average molecular weight is 125 g/mol. The zero-order valence-corrected chi connectivity index (χ0v) is 5.33. The smallest absolute Gasteiger partial charge is 0.0512 e. The SMILES string of the molecule is C=N/C=C\C=N/CCN. The molecule has 3 nitrogen and oxygen atoms in total. The highest BCUT2D eigenvalue weighted by Crippen LogP contribution is 1.68. The highest BCUT2D eigenvalue weighted by Gasteiger charge is 1.67. The van der Waals surface area contributed by atoms with Crippen molar-refractivity contribution in [3.63, 3.8) is 0 Å².